The molecule has 1 rings (SSSR count). The molecule has 13 heavy (non-hydrogen) atoms. The maximum Gasteiger partial charge on any atom is 0.109 e. The van der Waals surface area contributed by atoms with E-state index < -0.39 is 18.3 Å². The van der Waals surface area contributed by atoms with Crippen molar-refractivity contribution in [1.82, 2.24) is 0 Å². The molecule has 0 aromatic heterocycles. The Bertz CT molecular complexity index is 203. The number of nitrogens with zero attached hydrogens (tertiary/aromatic N) is 1. The lowest BCUT2D eigenvalue weighted by molar-refractivity contribution is -0.173. The average Bonchev–Trinajstić information content (AvgIpc) is 2.14. The molecule has 1 heterocycles. The maximum absolute atomic E-state index is 9.48. The van der Waals surface area contributed by atoms with E-state index in [4.69, 9.17) is 15.1 Å². The number of rotatable bonds is 2. The number of ether oxygens (including phenoxy) is 1. The Hall–Kier alpha value is -0.670. The number of hydrogen-bond acceptors (Lipinski definition) is 5. The molecule has 1 fully saturated rings. The van der Waals surface area contributed by atoms with Gasteiger partial charge in [0.25, 0.3) is 0 Å². The Morgan fingerprint density at radius 3 is 2.62 bits per heavy atom. The molecule has 1 saturated heterocycles. The molecule has 0 bridgehead atoms. The van der Waals surface area contributed by atoms with Crippen molar-refractivity contribution in [2.24, 2.45) is 5.92 Å². The van der Waals surface area contributed by atoms with E-state index in [0.717, 1.165) is 0 Å². The maximum atomic E-state index is 9.48. The van der Waals surface area contributed by atoms with Crippen molar-refractivity contribution in [3.63, 3.8) is 0 Å². The van der Waals surface area contributed by atoms with Crippen LogP contribution in [-0.4, -0.2) is 46.8 Å². The first-order valence-electron chi connectivity index (χ1n) is 4.16. The van der Waals surface area contributed by atoms with Gasteiger partial charge in [-0.05, 0) is 0 Å². The van der Waals surface area contributed by atoms with Crippen LogP contribution < -0.4 is 0 Å². The van der Waals surface area contributed by atoms with Gasteiger partial charge in [-0.3, -0.25) is 0 Å². The SMILES string of the molecule is N#CC[C@H]1CO[C@H](CO)[C@H](O)[C@@H]1O. The molecule has 0 aromatic rings. The molecule has 0 saturated carbocycles. The van der Waals surface area contributed by atoms with Gasteiger partial charge in [0.1, 0.15) is 12.2 Å². The zero-order valence-electron chi connectivity index (χ0n) is 7.13. The minimum Gasteiger partial charge on any atom is -0.394 e. The van der Waals surface area contributed by atoms with Crippen LogP contribution in [0.25, 0.3) is 0 Å². The zero-order chi connectivity index (χ0) is 9.84. The number of hydrogen-bond donors (Lipinski definition) is 3. The van der Waals surface area contributed by atoms with Gasteiger partial charge >= 0.3 is 0 Å². The smallest absolute Gasteiger partial charge is 0.109 e. The molecule has 0 aliphatic carbocycles. The Morgan fingerprint density at radius 1 is 1.38 bits per heavy atom. The lowest BCUT2D eigenvalue weighted by atomic mass is 9.90. The summed E-state index contributed by atoms with van der Waals surface area (Å²) in [6.07, 6.45) is -2.66. The summed E-state index contributed by atoms with van der Waals surface area (Å²) in [6.45, 7) is -0.117. The van der Waals surface area contributed by atoms with E-state index in [1.54, 1.807) is 0 Å². The van der Waals surface area contributed by atoms with Gasteiger partial charge in [-0.15, -0.1) is 0 Å². The summed E-state index contributed by atoms with van der Waals surface area (Å²) in [5.74, 6) is -0.359. The summed E-state index contributed by atoms with van der Waals surface area (Å²) in [5, 5.41) is 36.0. The van der Waals surface area contributed by atoms with Crippen molar-refractivity contribution in [2.45, 2.75) is 24.7 Å². The monoisotopic (exact) mass is 187 g/mol. The summed E-state index contributed by atoms with van der Waals surface area (Å²) >= 11 is 0. The minimum absolute atomic E-state index is 0.149. The van der Waals surface area contributed by atoms with Crippen LogP contribution in [0.1, 0.15) is 6.42 Å². The second-order valence-electron chi connectivity index (χ2n) is 3.16. The second kappa shape index (κ2) is 4.53. The first-order chi connectivity index (χ1) is 6.20. The number of aliphatic hydroxyl groups is 3. The first kappa shape index (κ1) is 10.4. The van der Waals surface area contributed by atoms with Crippen molar-refractivity contribution < 1.29 is 20.1 Å². The third-order valence-corrected chi connectivity index (χ3v) is 2.27. The van der Waals surface area contributed by atoms with Gasteiger partial charge in [0.2, 0.25) is 0 Å². The van der Waals surface area contributed by atoms with E-state index in [2.05, 4.69) is 0 Å². The van der Waals surface area contributed by atoms with Crippen LogP contribution in [0.5, 0.6) is 0 Å². The van der Waals surface area contributed by atoms with E-state index in [1.807, 2.05) is 6.07 Å². The molecule has 0 aromatic carbocycles. The zero-order valence-corrected chi connectivity index (χ0v) is 7.13. The largest absolute Gasteiger partial charge is 0.394 e. The molecule has 74 valence electrons. The quantitative estimate of drug-likeness (QED) is 0.496. The van der Waals surface area contributed by atoms with E-state index in [-0.39, 0.29) is 25.6 Å². The Balaban J connectivity index is 2.54. The number of aliphatic hydroxyl groups excluding tert-OH is 3. The molecule has 3 N–H and O–H groups in total. The fourth-order valence-corrected chi connectivity index (χ4v) is 1.40. The molecule has 0 spiro atoms. The highest BCUT2D eigenvalue weighted by atomic mass is 16.5. The highest BCUT2D eigenvalue weighted by Gasteiger charge is 2.37. The highest BCUT2D eigenvalue weighted by Crippen LogP contribution is 2.22. The summed E-state index contributed by atoms with van der Waals surface area (Å²) in [4.78, 5) is 0. The first-order valence-corrected chi connectivity index (χ1v) is 4.16. The molecule has 5 nitrogen and oxygen atoms in total. The van der Waals surface area contributed by atoms with Crippen molar-refractivity contribution >= 4 is 0 Å². The summed E-state index contributed by atoms with van der Waals surface area (Å²) in [6, 6.07) is 1.91. The van der Waals surface area contributed by atoms with Crippen molar-refractivity contribution in [1.29, 1.82) is 5.26 Å². The van der Waals surface area contributed by atoms with E-state index in [9.17, 15) is 10.2 Å². The van der Waals surface area contributed by atoms with Gasteiger partial charge in [-0.1, -0.05) is 0 Å². The summed E-state index contributed by atoms with van der Waals surface area (Å²) < 4.78 is 5.06. The van der Waals surface area contributed by atoms with Crippen LogP contribution in [0.3, 0.4) is 0 Å². The van der Waals surface area contributed by atoms with Gasteiger partial charge < -0.3 is 20.1 Å². The van der Waals surface area contributed by atoms with Gasteiger partial charge in [0.05, 0.1) is 25.4 Å². The molecule has 0 radical (unpaired) electrons. The van der Waals surface area contributed by atoms with Gasteiger partial charge in [0.15, 0.2) is 0 Å². The van der Waals surface area contributed by atoms with Gasteiger partial charge in [0, 0.05) is 12.3 Å². The molecular formula is C8H13NO4. The van der Waals surface area contributed by atoms with Crippen molar-refractivity contribution in [3.8, 4) is 6.07 Å². The van der Waals surface area contributed by atoms with Crippen LogP contribution in [-0.2, 0) is 4.74 Å². The van der Waals surface area contributed by atoms with Crippen molar-refractivity contribution in [2.75, 3.05) is 13.2 Å². The van der Waals surface area contributed by atoms with Crippen LogP contribution >= 0.6 is 0 Å². The van der Waals surface area contributed by atoms with E-state index >= 15 is 0 Å². The van der Waals surface area contributed by atoms with Crippen molar-refractivity contribution in [3.05, 3.63) is 0 Å². The van der Waals surface area contributed by atoms with Crippen LogP contribution in [0.4, 0.5) is 0 Å². The molecule has 5 heteroatoms. The fraction of sp³-hybridized carbons (Fsp3) is 0.875. The minimum atomic E-state index is -1.10. The standard InChI is InChI=1S/C8H13NO4/c9-2-1-5-4-13-6(3-10)8(12)7(5)11/h5-8,10-12H,1,3-4H2/t5-,6+,7+,8-/m0/s1. The molecule has 0 unspecified atom stereocenters. The number of nitriles is 1. The van der Waals surface area contributed by atoms with Crippen LogP contribution in [0.2, 0.25) is 0 Å². The Morgan fingerprint density at radius 2 is 2.08 bits per heavy atom. The van der Waals surface area contributed by atoms with Gasteiger partial charge in [-0.25, -0.2) is 0 Å². The summed E-state index contributed by atoms with van der Waals surface area (Å²) in [5.41, 5.74) is 0. The normalized spacial score (nSPS) is 39.8. The third kappa shape index (κ3) is 2.17. The Kier molecular flexibility index (Phi) is 3.63. The second-order valence-corrected chi connectivity index (χ2v) is 3.16. The molecule has 4 atom stereocenters. The molecular weight excluding hydrogens is 174 g/mol. The average molecular weight is 187 g/mol. The predicted molar refractivity (Wildman–Crippen MR) is 42.6 cm³/mol. The summed E-state index contributed by atoms with van der Waals surface area (Å²) in [7, 11) is 0. The predicted octanol–water partition coefficient (Wildman–Crippen LogP) is -1.37. The molecule has 1 aliphatic rings. The van der Waals surface area contributed by atoms with Crippen LogP contribution in [0.15, 0.2) is 0 Å². The van der Waals surface area contributed by atoms with E-state index in [1.165, 1.54) is 0 Å². The Labute approximate surface area is 76.2 Å². The lowest BCUT2D eigenvalue weighted by Gasteiger charge is -2.35. The highest BCUT2D eigenvalue weighted by molar-refractivity contribution is 4.90. The van der Waals surface area contributed by atoms with Gasteiger partial charge in [-0.2, -0.15) is 5.26 Å². The third-order valence-electron chi connectivity index (χ3n) is 2.27. The topological polar surface area (TPSA) is 93.7 Å². The molecule has 1 aliphatic heterocycles. The fourth-order valence-electron chi connectivity index (χ4n) is 1.40. The molecule has 0 amide bonds. The van der Waals surface area contributed by atoms with Crippen LogP contribution in [0, 0.1) is 17.2 Å². The van der Waals surface area contributed by atoms with E-state index in [0.29, 0.717) is 0 Å². The lowest BCUT2D eigenvalue weighted by Crippen LogP contribution is -2.51.